The van der Waals surface area contributed by atoms with E-state index in [1.165, 1.54) is 25.8 Å². The summed E-state index contributed by atoms with van der Waals surface area (Å²) in [5.41, 5.74) is -0.232. The lowest BCUT2D eigenvalue weighted by Crippen LogP contribution is -2.23. The molecule has 64 valence electrons. The van der Waals surface area contributed by atoms with E-state index in [9.17, 15) is 5.11 Å². The number of hydrogen-bond acceptors (Lipinski definition) is 2. The summed E-state index contributed by atoms with van der Waals surface area (Å²) in [5.74, 6) is 0. The number of hydrogen-bond donors (Lipinski definition) is 2. The molecule has 1 heterocycles. The molecule has 0 bridgehead atoms. The molecular weight excluding hydrogens is 138 g/mol. The minimum Gasteiger partial charge on any atom is -0.390 e. The Bertz CT molecular complexity index is 136. The molecule has 1 saturated heterocycles. The quantitative estimate of drug-likeness (QED) is 0.638. The van der Waals surface area contributed by atoms with Crippen LogP contribution in [-0.2, 0) is 0 Å². The van der Waals surface area contributed by atoms with Crippen molar-refractivity contribution in [3.05, 3.63) is 0 Å². The molecule has 1 atom stereocenters. The van der Waals surface area contributed by atoms with Gasteiger partial charge in [0, 0.05) is 6.04 Å². The second kappa shape index (κ2) is 2.76. The fourth-order valence-corrected chi connectivity index (χ4v) is 1.84. The average Bonchev–Trinajstić information content (AvgIpc) is 2.53. The first-order chi connectivity index (χ1) is 5.29. The largest absolute Gasteiger partial charge is 0.390 e. The van der Waals surface area contributed by atoms with Crippen LogP contribution in [0.1, 0.15) is 38.5 Å². The van der Waals surface area contributed by atoms with E-state index in [-0.39, 0.29) is 5.60 Å². The molecule has 1 aliphatic carbocycles. The lowest BCUT2D eigenvalue weighted by atomic mass is 10.1. The van der Waals surface area contributed by atoms with Gasteiger partial charge in [0.1, 0.15) is 0 Å². The van der Waals surface area contributed by atoms with Gasteiger partial charge in [0.25, 0.3) is 0 Å². The van der Waals surface area contributed by atoms with Gasteiger partial charge < -0.3 is 10.4 Å². The summed E-state index contributed by atoms with van der Waals surface area (Å²) >= 11 is 0. The first kappa shape index (κ1) is 7.56. The maximum absolute atomic E-state index is 9.56. The van der Waals surface area contributed by atoms with Gasteiger partial charge in [-0.2, -0.15) is 0 Å². The highest BCUT2D eigenvalue weighted by Gasteiger charge is 2.40. The van der Waals surface area contributed by atoms with E-state index in [0.717, 1.165) is 19.3 Å². The van der Waals surface area contributed by atoms with Crippen LogP contribution in [0, 0.1) is 0 Å². The van der Waals surface area contributed by atoms with E-state index in [1.807, 2.05) is 0 Å². The van der Waals surface area contributed by atoms with Crippen molar-refractivity contribution in [3.63, 3.8) is 0 Å². The summed E-state index contributed by atoms with van der Waals surface area (Å²) in [6.45, 7) is 1.18. The van der Waals surface area contributed by atoms with Gasteiger partial charge in [0.2, 0.25) is 0 Å². The average molecular weight is 155 g/mol. The fraction of sp³-hybridized carbons (Fsp3) is 1.00. The van der Waals surface area contributed by atoms with Gasteiger partial charge in [-0.25, -0.2) is 0 Å². The summed E-state index contributed by atoms with van der Waals surface area (Å²) in [6.07, 6.45) is 6.92. The Hall–Kier alpha value is -0.0800. The summed E-state index contributed by atoms with van der Waals surface area (Å²) in [4.78, 5) is 0. The molecule has 2 rings (SSSR count). The van der Waals surface area contributed by atoms with Crippen molar-refractivity contribution in [1.29, 1.82) is 0 Å². The lowest BCUT2D eigenvalue weighted by molar-refractivity contribution is 0.134. The van der Waals surface area contributed by atoms with Crippen LogP contribution in [-0.4, -0.2) is 23.3 Å². The first-order valence-corrected chi connectivity index (χ1v) is 4.74. The lowest BCUT2D eigenvalue weighted by Gasteiger charge is -2.12. The molecule has 0 aromatic rings. The summed E-state index contributed by atoms with van der Waals surface area (Å²) in [5, 5.41) is 13.0. The van der Waals surface area contributed by atoms with Gasteiger partial charge in [-0.1, -0.05) is 0 Å². The number of aliphatic hydroxyl groups is 1. The van der Waals surface area contributed by atoms with Crippen LogP contribution in [0.2, 0.25) is 0 Å². The standard InChI is InChI=1S/C9H17NO/c11-9(5-6-9)4-3-8-2-1-7-10-8/h8,10-11H,1-7H2. The van der Waals surface area contributed by atoms with Gasteiger partial charge in [0.05, 0.1) is 5.60 Å². The van der Waals surface area contributed by atoms with E-state index in [4.69, 9.17) is 0 Å². The highest BCUT2D eigenvalue weighted by Crippen LogP contribution is 2.39. The summed E-state index contributed by atoms with van der Waals surface area (Å²) < 4.78 is 0. The number of nitrogens with one attached hydrogen (secondary N) is 1. The Kier molecular flexibility index (Phi) is 1.90. The van der Waals surface area contributed by atoms with Gasteiger partial charge in [-0.15, -0.1) is 0 Å². The normalized spacial score (nSPS) is 34.1. The zero-order valence-electron chi connectivity index (χ0n) is 6.97. The Balaban J connectivity index is 1.65. The van der Waals surface area contributed by atoms with Crippen molar-refractivity contribution in [2.75, 3.05) is 6.54 Å². The Morgan fingerprint density at radius 1 is 1.45 bits per heavy atom. The molecule has 0 aromatic heterocycles. The van der Waals surface area contributed by atoms with E-state index >= 15 is 0 Å². The van der Waals surface area contributed by atoms with Crippen molar-refractivity contribution in [1.82, 2.24) is 5.32 Å². The Morgan fingerprint density at radius 2 is 2.27 bits per heavy atom. The zero-order valence-corrected chi connectivity index (χ0v) is 6.97. The van der Waals surface area contributed by atoms with Gasteiger partial charge >= 0.3 is 0 Å². The van der Waals surface area contributed by atoms with Crippen LogP contribution in [0.25, 0.3) is 0 Å². The molecule has 0 amide bonds. The molecule has 2 fully saturated rings. The van der Waals surface area contributed by atoms with Crippen LogP contribution < -0.4 is 5.32 Å². The summed E-state index contributed by atoms with van der Waals surface area (Å²) in [6, 6.07) is 0.708. The molecule has 1 aliphatic heterocycles. The topological polar surface area (TPSA) is 32.3 Å². The molecule has 0 spiro atoms. The second-order valence-electron chi connectivity index (χ2n) is 4.06. The third-order valence-electron chi connectivity index (χ3n) is 2.95. The first-order valence-electron chi connectivity index (χ1n) is 4.74. The van der Waals surface area contributed by atoms with Crippen LogP contribution in [0.3, 0.4) is 0 Å². The molecule has 0 radical (unpaired) electrons. The minimum atomic E-state index is -0.232. The molecule has 11 heavy (non-hydrogen) atoms. The van der Waals surface area contributed by atoms with Crippen LogP contribution in [0.4, 0.5) is 0 Å². The monoisotopic (exact) mass is 155 g/mol. The maximum Gasteiger partial charge on any atom is 0.0650 e. The molecular formula is C9H17NO. The van der Waals surface area contributed by atoms with E-state index in [0.29, 0.717) is 6.04 Å². The van der Waals surface area contributed by atoms with E-state index in [2.05, 4.69) is 5.32 Å². The van der Waals surface area contributed by atoms with E-state index < -0.39 is 0 Å². The van der Waals surface area contributed by atoms with Crippen LogP contribution in [0.5, 0.6) is 0 Å². The van der Waals surface area contributed by atoms with Gasteiger partial charge in [-0.3, -0.25) is 0 Å². The molecule has 1 saturated carbocycles. The van der Waals surface area contributed by atoms with Crippen molar-refractivity contribution in [2.24, 2.45) is 0 Å². The second-order valence-corrected chi connectivity index (χ2v) is 4.06. The maximum atomic E-state index is 9.56. The van der Waals surface area contributed by atoms with Crippen LogP contribution in [0.15, 0.2) is 0 Å². The van der Waals surface area contributed by atoms with Crippen molar-refractivity contribution in [3.8, 4) is 0 Å². The third kappa shape index (κ3) is 1.94. The molecule has 0 aromatic carbocycles. The minimum absolute atomic E-state index is 0.232. The predicted molar refractivity (Wildman–Crippen MR) is 44.4 cm³/mol. The molecule has 2 nitrogen and oxygen atoms in total. The predicted octanol–water partition coefficient (Wildman–Crippen LogP) is 1.04. The van der Waals surface area contributed by atoms with Gasteiger partial charge in [0.15, 0.2) is 0 Å². The van der Waals surface area contributed by atoms with E-state index in [1.54, 1.807) is 0 Å². The Labute approximate surface area is 68.0 Å². The van der Waals surface area contributed by atoms with Crippen molar-refractivity contribution in [2.45, 2.75) is 50.2 Å². The van der Waals surface area contributed by atoms with Crippen molar-refractivity contribution < 1.29 is 5.11 Å². The molecule has 2 heteroatoms. The fourth-order valence-electron chi connectivity index (χ4n) is 1.84. The van der Waals surface area contributed by atoms with Crippen LogP contribution >= 0.6 is 0 Å². The SMILES string of the molecule is OC1(CCC2CCCN2)CC1. The molecule has 2 N–H and O–H groups in total. The highest BCUT2D eigenvalue weighted by molar-refractivity contribution is 4.94. The zero-order chi connectivity index (χ0) is 7.73. The summed E-state index contributed by atoms with van der Waals surface area (Å²) in [7, 11) is 0. The highest BCUT2D eigenvalue weighted by atomic mass is 16.3. The smallest absolute Gasteiger partial charge is 0.0650 e. The van der Waals surface area contributed by atoms with Crippen molar-refractivity contribution >= 4 is 0 Å². The number of rotatable bonds is 3. The molecule has 1 unspecified atom stereocenters. The third-order valence-corrected chi connectivity index (χ3v) is 2.95. The molecule has 2 aliphatic rings. The Morgan fingerprint density at radius 3 is 2.82 bits per heavy atom. The van der Waals surface area contributed by atoms with Gasteiger partial charge in [-0.05, 0) is 45.1 Å².